The number of aromatic amines is 1. The third kappa shape index (κ3) is 2.45. The first kappa shape index (κ1) is 13.5. The summed E-state index contributed by atoms with van der Waals surface area (Å²) in [7, 11) is 0. The number of carbonyl (C=O) groups is 2. The van der Waals surface area contributed by atoms with Gasteiger partial charge in [-0.2, -0.15) is 0 Å². The molecule has 2 heterocycles. The van der Waals surface area contributed by atoms with Gasteiger partial charge >= 0.3 is 5.97 Å². The van der Waals surface area contributed by atoms with Gasteiger partial charge < -0.3 is 10.0 Å². The van der Waals surface area contributed by atoms with Crippen LogP contribution < -0.4 is 0 Å². The number of aromatic nitrogens is 3. The van der Waals surface area contributed by atoms with Crippen LogP contribution in [0, 0.1) is 12.3 Å². The predicted octanol–water partition coefficient (Wildman–Crippen LogP) is 0.830. The number of likely N-dealkylation sites (tertiary alicyclic amines) is 1. The van der Waals surface area contributed by atoms with Crippen LogP contribution in [0.1, 0.15) is 42.6 Å². The van der Waals surface area contributed by atoms with Gasteiger partial charge in [0.25, 0.3) is 5.91 Å². The van der Waals surface area contributed by atoms with E-state index in [-0.39, 0.29) is 18.3 Å². The highest BCUT2D eigenvalue weighted by molar-refractivity contribution is 5.91. The molecule has 1 fully saturated rings. The van der Waals surface area contributed by atoms with Crippen molar-refractivity contribution in [2.45, 2.75) is 33.1 Å². The molecule has 2 rings (SSSR count). The van der Waals surface area contributed by atoms with Gasteiger partial charge in [0, 0.05) is 13.1 Å². The lowest BCUT2D eigenvalue weighted by Gasteiger charge is -2.23. The quantitative estimate of drug-likeness (QED) is 0.841. The fraction of sp³-hybridized carbons (Fsp3) is 0.667. The second-order valence-electron chi connectivity index (χ2n) is 5.06. The number of amides is 1. The molecule has 1 unspecified atom stereocenters. The van der Waals surface area contributed by atoms with Gasteiger partial charge in [-0.05, 0) is 19.8 Å². The molecule has 1 aromatic heterocycles. The van der Waals surface area contributed by atoms with E-state index in [1.165, 1.54) is 4.90 Å². The Bertz CT molecular complexity index is 499. The molecule has 0 aromatic carbocycles. The van der Waals surface area contributed by atoms with Crippen LogP contribution in [-0.4, -0.2) is 50.2 Å². The zero-order valence-electron chi connectivity index (χ0n) is 11.1. The van der Waals surface area contributed by atoms with Crippen LogP contribution in [0.2, 0.25) is 0 Å². The average molecular weight is 266 g/mol. The largest absolute Gasteiger partial charge is 0.481 e. The molecule has 0 radical (unpaired) electrons. The minimum Gasteiger partial charge on any atom is -0.481 e. The van der Waals surface area contributed by atoms with Crippen LogP contribution in [0.4, 0.5) is 0 Å². The van der Waals surface area contributed by atoms with Crippen LogP contribution in [-0.2, 0) is 4.79 Å². The highest BCUT2D eigenvalue weighted by Crippen LogP contribution is 2.35. The molecule has 1 aromatic rings. The van der Waals surface area contributed by atoms with Crippen molar-refractivity contribution in [3.8, 4) is 0 Å². The molecule has 104 valence electrons. The highest BCUT2D eigenvalue weighted by atomic mass is 16.4. The standard InChI is InChI=1S/C12H18N4O3/c1-3-4-12(11(18)19)5-6-16(7-12)10(17)9-13-8(2)14-15-9/h3-7H2,1-2H3,(H,18,19)(H,13,14,15). The third-order valence-electron chi connectivity index (χ3n) is 3.61. The molecule has 7 nitrogen and oxygen atoms in total. The summed E-state index contributed by atoms with van der Waals surface area (Å²) >= 11 is 0. The normalized spacial score (nSPS) is 22.7. The number of rotatable bonds is 4. The Balaban J connectivity index is 2.13. The topological polar surface area (TPSA) is 99.2 Å². The third-order valence-corrected chi connectivity index (χ3v) is 3.61. The minimum atomic E-state index is -0.823. The number of aryl methyl sites for hydroxylation is 1. The maximum absolute atomic E-state index is 12.2. The van der Waals surface area contributed by atoms with E-state index in [1.54, 1.807) is 6.92 Å². The summed E-state index contributed by atoms with van der Waals surface area (Å²) in [5.41, 5.74) is -0.810. The van der Waals surface area contributed by atoms with Crippen LogP contribution in [0.15, 0.2) is 0 Å². The van der Waals surface area contributed by atoms with E-state index in [0.29, 0.717) is 25.2 Å². The fourth-order valence-electron chi connectivity index (χ4n) is 2.59. The molecular weight excluding hydrogens is 248 g/mol. The number of nitrogens with one attached hydrogen (secondary N) is 1. The summed E-state index contributed by atoms with van der Waals surface area (Å²) in [5.74, 6) is -0.449. The number of hydrogen-bond donors (Lipinski definition) is 2. The fourth-order valence-corrected chi connectivity index (χ4v) is 2.59. The second-order valence-corrected chi connectivity index (χ2v) is 5.06. The van der Waals surface area contributed by atoms with Crippen molar-refractivity contribution < 1.29 is 14.7 Å². The first-order valence-corrected chi connectivity index (χ1v) is 6.40. The van der Waals surface area contributed by atoms with E-state index in [4.69, 9.17) is 0 Å². The average Bonchev–Trinajstić information content (AvgIpc) is 2.96. The molecule has 19 heavy (non-hydrogen) atoms. The van der Waals surface area contributed by atoms with Crippen LogP contribution in [0.25, 0.3) is 0 Å². The SMILES string of the molecule is CCCC1(C(=O)O)CCN(C(=O)c2n[nH]c(C)n2)C1. The van der Waals surface area contributed by atoms with Crippen LogP contribution in [0.5, 0.6) is 0 Å². The number of nitrogens with zero attached hydrogens (tertiary/aromatic N) is 3. The summed E-state index contributed by atoms with van der Waals surface area (Å²) in [5, 5.41) is 15.8. The Kier molecular flexibility index (Phi) is 3.55. The van der Waals surface area contributed by atoms with E-state index in [0.717, 1.165) is 6.42 Å². The first-order valence-electron chi connectivity index (χ1n) is 6.40. The number of carbonyl (C=O) groups excluding carboxylic acids is 1. The van der Waals surface area contributed by atoms with E-state index in [1.807, 2.05) is 6.92 Å². The van der Waals surface area contributed by atoms with Crippen molar-refractivity contribution in [1.82, 2.24) is 20.1 Å². The zero-order chi connectivity index (χ0) is 14.0. The van der Waals surface area contributed by atoms with Crippen molar-refractivity contribution in [2.24, 2.45) is 5.41 Å². The van der Waals surface area contributed by atoms with Crippen molar-refractivity contribution in [2.75, 3.05) is 13.1 Å². The molecule has 1 atom stereocenters. The molecule has 0 saturated carbocycles. The Labute approximate surface area is 111 Å². The summed E-state index contributed by atoms with van der Waals surface area (Å²) in [6.07, 6.45) is 1.86. The van der Waals surface area contributed by atoms with Gasteiger partial charge in [-0.1, -0.05) is 13.3 Å². The summed E-state index contributed by atoms with van der Waals surface area (Å²) in [4.78, 5) is 29.1. The van der Waals surface area contributed by atoms with Gasteiger partial charge in [-0.3, -0.25) is 14.7 Å². The Hall–Kier alpha value is -1.92. The van der Waals surface area contributed by atoms with Gasteiger partial charge in [0.2, 0.25) is 5.82 Å². The van der Waals surface area contributed by atoms with Gasteiger partial charge in [-0.25, -0.2) is 4.98 Å². The first-order chi connectivity index (χ1) is 8.98. The molecule has 0 bridgehead atoms. The number of H-pyrrole nitrogens is 1. The van der Waals surface area contributed by atoms with Gasteiger partial charge in [0.05, 0.1) is 5.41 Å². The lowest BCUT2D eigenvalue weighted by Crippen LogP contribution is -2.37. The Morgan fingerprint density at radius 3 is 2.79 bits per heavy atom. The van der Waals surface area contributed by atoms with E-state index >= 15 is 0 Å². The molecular formula is C12H18N4O3. The zero-order valence-corrected chi connectivity index (χ0v) is 11.1. The minimum absolute atomic E-state index is 0.107. The van der Waals surface area contributed by atoms with Crippen LogP contribution >= 0.6 is 0 Å². The molecule has 1 aliphatic heterocycles. The number of hydrogen-bond acceptors (Lipinski definition) is 4. The molecule has 7 heteroatoms. The monoisotopic (exact) mass is 266 g/mol. The van der Waals surface area contributed by atoms with Crippen LogP contribution in [0.3, 0.4) is 0 Å². The Morgan fingerprint density at radius 2 is 2.26 bits per heavy atom. The van der Waals surface area contributed by atoms with Gasteiger partial charge in [0.1, 0.15) is 5.82 Å². The molecule has 0 aliphatic carbocycles. The Morgan fingerprint density at radius 1 is 1.53 bits per heavy atom. The van der Waals surface area contributed by atoms with Crippen molar-refractivity contribution >= 4 is 11.9 Å². The smallest absolute Gasteiger partial charge is 0.311 e. The second kappa shape index (κ2) is 4.99. The maximum Gasteiger partial charge on any atom is 0.311 e. The molecule has 1 aliphatic rings. The van der Waals surface area contributed by atoms with E-state index in [9.17, 15) is 14.7 Å². The molecule has 1 saturated heterocycles. The number of carboxylic acid groups (broad SMARTS) is 1. The van der Waals surface area contributed by atoms with Crippen molar-refractivity contribution in [1.29, 1.82) is 0 Å². The highest BCUT2D eigenvalue weighted by Gasteiger charge is 2.45. The van der Waals surface area contributed by atoms with Gasteiger partial charge in [-0.15, -0.1) is 5.10 Å². The van der Waals surface area contributed by atoms with E-state index in [2.05, 4.69) is 15.2 Å². The van der Waals surface area contributed by atoms with Crippen molar-refractivity contribution in [3.63, 3.8) is 0 Å². The maximum atomic E-state index is 12.2. The van der Waals surface area contributed by atoms with Crippen molar-refractivity contribution in [3.05, 3.63) is 11.6 Å². The summed E-state index contributed by atoms with van der Waals surface area (Å²) in [6.45, 7) is 4.35. The number of carboxylic acids is 1. The number of aliphatic carboxylic acids is 1. The predicted molar refractivity (Wildman–Crippen MR) is 66.6 cm³/mol. The van der Waals surface area contributed by atoms with Gasteiger partial charge in [0.15, 0.2) is 0 Å². The lowest BCUT2D eigenvalue weighted by molar-refractivity contribution is -0.148. The lowest BCUT2D eigenvalue weighted by atomic mass is 9.83. The molecule has 0 spiro atoms. The summed E-state index contributed by atoms with van der Waals surface area (Å²) in [6, 6.07) is 0. The molecule has 2 N–H and O–H groups in total. The molecule has 1 amide bonds. The van der Waals surface area contributed by atoms with E-state index < -0.39 is 11.4 Å². The summed E-state index contributed by atoms with van der Waals surface area (Å²) < 4.78 is 0.